The minimum atomic E-state index is -0.290. The van der Waals surface area contributed by atoms with Gasteiger partial charge in [0.25, 0.3) is 0 Å². The number of nitrogens with two attached hydrogens (primary N) is 1. The summed E-state index contributed by atoms with van der Waals surface area (Å²) in [7, 11) is 0. The molecule has 0 spiro atoms. The van der Waals surface area contributed by atoms with Crippen molar-refractivity contribution in [3.63, 3.8) is 0 Å². The van der Waals surface area contributed by atoms with E-state index in [1.807, 2.05) is 18.2 Å². The summed E-state index contributed by atoms with van der Waals surface area (Å²) in [5.74, 6) is 0.619. The summed E-state index contributed by atoms with van der Waals surface area (Å²) in [4.78, 5) is 12.1. The number of carbonyl (C=O) groups excluding carboxylic acids is 1. The van der Waals surface area contributed by atoms with E-state index in [0.29, 0.717) is 28.4 Å². The lowest BCUT2D eigenvalue weighted by atomic mass is 9.96. The fraction of sp³-hybridized carbons (Fsp3) is 0.133. The molecule has 1 aliphatic rings. The molecule has 2 aromatic rings. The Hall–Kier alpha value is -2.00. The Balaban J connectivity index is 1.97. The molecule has 1 unspecified atom stereocenters. The Morgan fingerprint density at radius 3 is 2.84 bits per heavy atom. The van der Waals surface area contributed by atoms with Crippen LogP contribution in [0.25, 0.3) is 0 Å². The first kappa shape index (κ1) is 12.1. The number of benzene rings is 2. The molecule has 0 saturated carbocycles. The molecule has 3 rings (SSSR count). The number of nitrogen functional groups attached to an aromatic ring is 1. The van der Waals surface area contributed by atoms with Gasteiger partial charge < -0.3 is 10.5 Å². The number of fused-ring (bicyclic) bond motifs is 1. The predicted octanol–water partition coefficient (Wildman–Crippen LogP) is 3.63. The number of halogens is 1. The van der Waals surface area contributed by atoms with Crippen LogP contribution in [0.2, 0.25) is 5.02 Å². The molecule has 1 aliphatic heterocycles. The number of anilines is 1. The zero-order valence-electron chi connectivity index (χ0n) is 10.1. The molecule has 19 heavy (non-hydrogen) atoms. The molecular weight excluding hydrogens is 262 g/mol. The van der Waals surface area contributed by atoms with Crippen molar-refractivity contribution in [2.45, 2.75) is 12.5 Å². The summed E-state index contributed by atoms with van der Waals surface area (Å²) in [6.45, 7) is 0. The highest BCUT2D eigenvalue weighted by Gasteiger charge is 2.27. The summed E-state index contributed by atoms with van der Waals surface area (Å²) in [5, 5.41) is 0.636. The van der Waals surface area contributed by atoms with Crippen LogP contribution < -0.4 is 10.5 Å². The predicted molar refractivity (Wildman–Crippen MR) is 74.6 cm³/mol. The Kier molecular flexibility index (Phi) is 2.91. The highest BCUT2D eigenvalue weighted by molar-refractivity contribution is 6.30. The van der Waals surface area contributed by atoms with Crippen molar-refractivity contribution in [3.8, 4) is 5.75 Å². The van der Waals surface area contributed by atoms with E-state index in [2.05, 4.69) is 0 Å². The first-order valence-electron chi connectivity index (χ1n) is 5.98. The molecule has 0 bridgehead atoms. The molecule has 2 aromatic carbocycles. The summed E-state index contributed by atoms with van der Waals surface area (Å²) >= 11 is 5.96. The van der Waals surface area contributed by atoms with Crippen molar-refractivity contribution in [2.75, 3.05) is 5.73 Å². The molecule has 3 nitrogen and oxygen atoms in total. The van der Waals surface area contributed by atoms with E-state index in [1.54, 1.807) is 24.3 Å². The minimum Gasteiger partial charge on any atom is -0.484 e. The van der Waals surface area contributed by atoms with Gasteiger partial charge in [0.2, 0.25) is 0 Å². The van der Waals surface area contributed by atoms with Gasteiger partial charge >= 0.3 is 0 Å². The van der Waals surface area contributed by atoms with Crippen molar-refractivity contribution in [1.29, 1.82) is 0 Å². The first-order valence-corrected chi connectivity index (χ1v) is 6.36. The van der Waals surface area contributed by atoms with Gasteiger partial charge in [0.1, 0.15) is 11.9 Å². The molecule has 0 saturated heterocycles. The third-order valence-electron chi connectivity index (χ3n) is 3.16. The van der Waals surface area contributed by atoms with Gasteiger partial charge in [-0.3, -0.25) is 4.79 Å². The van der Waals surface area contributed by atoms with Crippen molar-refractivity contribution >= 4 is 23.1 Å². The van der Waals surface area contributed by atoms with Gasteiger partial charge in [0.15, 0.2) is 5.78 Å². The zero-order chi connectivity index (χ0) is 13.4. The third kappa shape index (κ3) is 2.29. The number of Topliss-reactive ketones (excluding diaryl/α,β-unsaturated/α-hetero) is 1. The van der Waals surface area contributed by atoms with E-state index in [1.165, 1.54) is 0 Å². The zero-order valence-corrected chi connectivity index (χ0v) is 10.9. The number of carbonyl (C=O) groups is 1. The van der Waals surface area contributed by atoms with Crippen molar-refractivity contribution < 1.29 is 9.53 Å². The molecule has 2 N–H and O–H groups in total. The van der Waals surface area contributed by atoms with Crippen LogP contribution in [0, 0.1) is 0 Å². The lowest BCUT2D eigenvalue weighted by Crippen LogP contribution is -2.20. The normalized spacial score (nSPS) is 17.7. The molecule has 1 heterocycles. The molecule has 4 heteroatoms. The Bertz CT molecular complexity index is 654. The lowest BCUT2D eigenvalue weighted by molar-refractivity contribution is 0.0850. The Morgan fingerprint density at radius 2 is 2.05 bits per heavy atom. The molecular formula is C15H12ClNO2. The van der Waals surface area contributed by atoms with Crippen LogP contribution in [-0.4, -0.2) is 5.78 Å². The maximum Gasteiger partial charge on any atom is 0.170 e. The molecule has 0 radical (unpaired) electrons. The van der Waals surface area contributed by atoms with Gasteiger partial charge in [0, 0.05) is 10.7 Å². The van der Waals surface area contributed by atoms with Crippen LogP contribution in [0.5, 0.6) is 5.75 Å². The maximum atomic E-state index is 12.1. The number of hydrogen-bond acceptors (Lipinski definition) is 3. The number of hydrogen-bond donors (Lipinski definition) is 1. The first-order chi connectivity index (χ1) is 9.13. The van der Waals surface area contributed by atoms with Crippen molar-refractivity contribution in [1.82, 2.24) is 0 Å². The van der Waals surface area contributed by atoms with E-state index in [-0.39, 0.29) is 11.9 Å². The Morgan fingerprint density at radius 1 is 1.21 bits per heavy atom. The largest absolute Gasteiger partial charge is 0.484 e. The summed E-state index contributed by atoms with van der Waals surface area (Å²) < 4.78 is 5.86. The molecule has 0 fully saturated rings. The highest BCUT2D eigenvalue weighted by Crippen LogP contribution is 2.36. The molecule has 0 aliphatic carbocycles. The number of ketones is 1. The standard InChI is InChI=1S/C15H12ClNO2/c16-10-3-1-2-9(6-10)15-8-13(18)12-7-11(17)4-5-14(12)19-15/h1-7,15H,8,17H2. The van der Waals surface area contributed by atoms with Gasteiger partial charge in [-0.1, -0.05) is 23.7 Å². The van der Waals surface area contributed by atoms with E-state index >= 15 is 0 Å². The van der Waals surface area contributed by atoms with E-state index in [4.69, 9.17) is 22.1 Å². The maximum absolute atomic E-state index is 12.1. The van der Waals surface area contributed by atoms with Crippen LogP contribution in [0.4, 0.5) is 5.69 Å². The highest BCUT2D eigenvalue weighted by atomic mass is 35.5. The molecule has 0 amide bonds. The topological polar surface area (TPSA) is 52.3 Å². The van der Waals surface area contributed by atoms with Crippen LogP contribution in [0.15, 0.2) is 42.5 Å². The quantitative estimate of drug-likeness (QED) is 0.807. The fourth-order valence-electron chi connectivity index (χ4n) is 2.23. The minimum absolute atomic E-state index is 0.0403. The monoisotopic (exact) mass is 273 g/mol. The average Bonchev–Trinajstić information content (AvgIpc) is 2.39. The van der Waals surface area contributed by atoms with Gasteiger partial charge in [-0.05, 0) is 35.9 Å². The Labute approximate surface area is 115 Å². The molecule has 0 aromatic heterocycles. The second-order valence-electron chi connectivity index (χ2n) is 4.54. The lowest BCUT2D eigenvalue weighted by Gasteiger charge is -2.25. The SMILES string of the molecule is Nc1ccc2c(c1)C(=O)CC(c1cccc(Cl)c1)O2. The summed E-state index contributed by atoms with van der Waals surface area (Å²) in [6.07, 6.45) is 0.0129. The van der Waals surface area contributed by atoms with E-state index in [9.17, 15) is 4.79 Å². The van der Waals surface area contributed by atoms with Crippen molar-refractivity contribution in [3.05, 3.63) is 58.6 Å². The second kappa shape index (κ2) is 4.59. The van der Waals surface area contributed by atoms with Gasteiger partial charge in [-0.2, -0.15) is 0 Å². The fourth-order valence-corrected chi connectivity index (χ4v) is 2.43. The van der Waals surface area contributed by atoms with Gasteiger partial charge in [-0.25, -0.2) is 0 Å². The van der Waals surface area contributed by atoms with Crippen LogP contribution in [0.3, 0.4) is 0 Å². The van der Waals surface area contributed by atoms with E-state index in [0.717, 1.165) is 5.56 Å². The summed E-state index contributed by atoms with van der Waals surface area (Å²) in [5.41, 5.74) is 7.71. The number of ether oxygens (including phenoxy) is 1. The molecule has 1 atom stereocenters. The van der Waals surface area contributed by atoms with E-state index < -0.39 is 0 Å². The summed E-state index contributed by atoms with van der Waals surface area (Å²) in [6, 6.07) is 12.5. The van der Waals surface area contributed by atoms with Crippen molar-refractivity contribution in [2.24, 2.45) is 0 Å². The number of rotatable bonds is 1. The van der Waals surface area contributed by atoms with Gasteiger partial charge in [0.05, 0.1) is 12.0 Å². The molecule has 96 valence electrons. The third-order valence-corrected chi connectivity index (χ3v) is 3.40. The van der Waals surface area contributed by atoms with Crippen LogP contribution >= 0.6 is 11.6 Å². The van der Waals surface area contributed by atoms with Gasteiger partial charge in [-0.15, -0.1) is 0 Å². The average molecular weight is 274 g/mol. The second-order valence-corrected chi connectivity index (χ2v) is 4.98. The van der Waals surface area contributed by atoms with Crippen LogP contribution in [0.1, 0.15) is 28.4 Å². The smallest absolute Gasteiger partial charge is 0.170 e. The van der Waals surface area contributed by atoms with Crippen LogP contribution in [-0.2, 0) is 0 Å².